The monoisotopic (exact) mass is 391 g/mol. The molecule has 2 aliphatic rings. The summed E-state index contributed by atoms with van der Waals surface area (Å²) in [6, 6.07) is 6.23. The van der Waals surface area contributed by atoms with Crippen molar-refractivity contribution < 1.29 is 17.9 Å². The molecule has 2 aliphatic heterocycles. The molecule has 2 fully saturated rings. The quantitative estimate of drug-likeness (QED) is 0.748. The van der Waals surface area contributed by atoms with E-state index in [1.165, 1.54) is 16.4 Å². The lowest BCUT2D eigenvalue weighted by atomic mass is 10.2. The Morgan fingerprint density at radius 3 is 2.37 bits per heavy atom. The molecule has 0 spiro atoms. The molecule has 27 heavy (non-hydrogen) atoms. The fourth-order valence-electron chi connectivity index (χ4n) is 3.42. The van der Waals surface area contributed by atoms with Crippen LogP contribution in [0.5, 0.6) is 0 Å². The number of hydrogen-bond acceptors (Lipinski definition) is 6. The van der Waals surface area contributed by atoms with Crippen molar-refractivity contribution in [2.24, 2.45) is 0 Å². The van der Waals surface area contributed by atoms with Gasteiger partial charge in [-0.05, 0) is 30.7 Å². The molecule has 0 saturated carbocycles. The number of morpholine rings is 1. The van der Waals surface area contributed by atoms with Crippen LogP contribution in [0.3, 0.4) is 0 Å². The van der Waals surface area contributed by atoms with E-state index in [0.29, 0.717) is 45.0 Å². The SMILES string of the molecule is O=C(c1ccc(S(=O)(=O)N2CCOCC2)cc1)N1CCC(n2nccn2)C1. The van der Waals surface area contributed by atoms with E-state index in [-0.39, 0.29) is 16.8 Å². The zero-order valence-electron chi connectivity index (χ0n) is 14.8. The summed E-state index contributed by atoms with van der Waals surface area (Å²) in [5, 5.41) is 8.27. The Labute approximate surface area is 157 Å². The molecule has 9 nitrogen and oxygen atoms in total. The van der Waals surface area contributed by atoms with Crippen LogP contribution in [0.25, 0.3) is 0 Å². The first-order chi connectivity index (χ1) is 13.1. The Morgan fingerprint density at radius 2 is 1.70 bits per heavy atom. The standard InChI is InChI=1S/C17H21N5O4S/c23-17(20-8-5-15(13-20)22-18-6-7-19-22)14-1-3-16(4-2-14)27(24,25)21-9-11-26-12-10-21/h1-4,6-7,15H,5,8-13H2. The zero-order valence-corrected chi connectivity index (χ0v) is 15.6. The van der Waals surface area contributed by atoms with Crippen molar-refractivity contribution in [1.29, 1.82) is 0 Å². The van der Waals surface area contributed by atoms with Gasteiger partial charge in [-0.15, -0.1) is 0 Å². The van der Waals surface area contributed by atoms with Gasteiger partial charge in [-0.25, -0.2) is 8.42 Å². The molecule has 10 heteroatoms. The van der Waals surface area contributed by atoms with E-state index in [0.717, 1.165) is 6.42 Å². The van der Waals surface area contributed by atoms with Gasteiger partial charge in [0.15, 0.2) is 0 Å². The third kappa shape index (κ3) is 3.60. The number of hydrogen-bond donors (Lipinski definition) is 0. The predicted octanol–water partition coefficient (Wildman–Crippen LogP) is 0.386. The topological polar surface area (TPSA) is 97.6 Å². The molecule has 2 saturated heterocycles. The van der Waals surface area contributed by atoms with Gasteiger partial charge < -0.3 is 9.64 Å². The first-order valence-corrected chi connectivity index (χ1v) is 10.3. The minimum Gasteiger partial charge on any atom is -0.379 e. The van der Waals surface area contributed by atoms with Gasteiger partial charge in [-0.1, -0.05) is 0 Å². The maximum absolute atomic E-state index is 12.7. The van der Waals surface area contributed by atoms with Crippen LogP contribution >= 0.6 is 0 Å². The minimum atomic E-state index is -3.55. The third-order valence-electron chi connectivity index (χ3n) is 4.92. The number of rotatable bonds is 4. The van der Waals surface area contributed by atoms with Crippen molar-refractivity contribution in [1.82, 2.24) is 24.2 Å². The van der Waals surface area contributed by atoms with Crippen molar-refractivity contribution in [3.63, 3.8) is 0 Å². The van der Waals surface area contributed by atoms with Crippen molar-refractivity contribution in [3.05, 3.63) is 42.2 Å². The van der Waals surface area contributed by atoms with E-state index in [4.69, 9.17) is 4.74 Å². The second-order valence-electron chi connectivity index (χ2n) is 6.58. The van der Waals surface area contributed by atoms with Crippen LogP contribution in [0.1, 0.15) is 22.8 Å². The van der Waals surface area contributed by atoms with Crippen LogP contribution in [0.2, 0.25) is 0 Å². The van der Waals surface area contributed by atoms with E-state index in [1.807, 2.05) is 0 Å². The van der Waals surface area contributed by atoms with Gasteiger partial charge in [0.25, 0.3) is 5.91 Å². The Hall–Kier alpha value is -2.30. The van der Waals surface area contributed by atoms with Gasteiger partial charge in [-0.3, -0.25) is 4.79 Å². The van der Waals surface area contributed by atoms with Gasteiger partial charge in [0.1, 0.15) is 0 Å². The smallest absolute Gasteiger partial charge is 0.253 e. The van der Waals surface area contributed by atoms with Gasteiger partial charge >= 0.3 is 0 Å². The summed E-state index contributed by atoms with van der Waals surface area (Å²) in [5.74, 6) is -0.111. The average molecular weight is 391 g/mol. The highest BCUT2D eigenvalue weighted by atomic mass is 32.2. The predicted molar refractivity (Wildman–Crippen MR) is 95.6 cm³/mol. The number of amides is 1. The number of carbonyl (C=O) groups excluding carboxylic acids is 1. The fourth-order valence-corrected chi connectivity index (χ4v) is 4.83. The molecule has 0 bridgehead atoms. The first kappa shape index (κ1) is 18.1. The van der Waals surface area contributed by atoms with Crippen LogP contribution in [0, 0.1) is 0 Å². The molecule has 1 aromatic carbocycles. The fraction of sp³-hybridized carbons (Fsp3) is 0.471. The lowest BCUT2D eigenvalue weighted by Gasteiger charge is -2.26. The molecule has 144 valence electrons. The molecule has 1 aromatic heterocycles. The van der Waals surface area contributed by atoms with Crippen LogP contribution < -0.4 is 0 Å². The summed E-state index contributed by atoms with van der Waals surface area (Å²) >= 11 is 0. The Balaban J connectivity index is 1.45. The maximum Gasteiger partial charge on any atom is 0.253 e. The molecule has 4 rings (SSSR count). The van der Waals surface area contributed by atoms with Crippen LogP contribution in [-0.4, -0.2) is 77.9 Å². The van der Waals surface area contributed by atoms with E-state index < -0.39 is 10.0 Å². The maximum atomic E-state index is 12.7. The summed E-state index contributed by atoms with van der Waals surface area (Å²) in [6.07, 6.45) is 4.04. The van der Waals surface area contributed by atoms with Crippen LogP contribution in [0.4, 0.5) is 0 Å². The van der Waals surface area contributed by atoms with Crippen molar-refractivity contribution in [2.45, 2.75) is 17.4 Å². The van der Waals surface area contributed by atoms with Gasteiger partial charge in [0, 0.05) is 31.7 Å². The molecule has 0 N–H and O–H groups in total. The largest absolute Gasteiger partial charge is 0.379 e. The van der Waals surface area contributed by atoms with Crippen molar-refractivity contribution in [3.8, 4) is 0 Å². The van der Waals surface area contributed by atoms with E-state index in [1.54, 1.807) is 34.2 Å². The Kier molecular flexibility index (Phi) is 4.94. The molecule has 1 atom stereocenters. The molecular weight excluding hydrogens is 370 g/mol. The molecule has 0 aliphatic carbocycles. The van der Waals surface area contributed by atoms with Gasteiger partial charge in [-0.2, -0.15) is 19.3 Å². The van der Waals surface area contributed by atoms with Crippen molar-refractivity contribution >= 4 is 15.9 Å². The summed E-state index contributed by atoms with van der Waals surface area (Å²) in [6.45, 7) is 2.66. The molecule has 1 unspecified atom stereocenters. The average Bonchev–Trinajstić information content (AvgIpc) is 3.40. The summed E-state index contributed by atoms with van der Waals surface area (Å²) in [5.41, 5.74) is 0.477. The number of nitrogens with zero attached hydrogens (tertiary/aromatic N) is 5. The number of ether oxygens (including phenoxy) is 1. The molecule has 0 radical (unpaired) electrons. The van der Waals surface area contributed by atoms with Crippen LogP contribution in [0.15, 0.2) is 41.6 Å². The van der Waals surface area contributed by atoms with E-state index in [9.17, 15) is 13.2 Å². The lowest BCUT2D eigenvalue weighted by molar-refractivity contribution is 0.0730. The minimum absolute atomic E-state index is 0.0740. The third-order valence-corrected chi connectivity index (χ3v) is 6.84. The summed E-state index contributed by atoms with van der Waals surface area (Å²) in [7, 11) is -3.55. The highest BCUT2D eigenvalue weighted by Crippen LogP contribution is 2.23. The summed E-state index contributed by atoms with van der Waals surface area (Å²) in [4.78, 5) is 16.3. The number of likely N-dealkylation sites (tertiary alicyclic amines) is 1. The second-order valence-corrected chi connectivity index (χ2v) is 8.52. The van der Waals surface area contributed by atoms with Gasteiger partial charge in [0.2, 0.25) is 10.0 Å². The highest BCUT2D eigenvalue weighted by molar-refractivity contribution is 7.89. The van der Waals surface area contributed by atoms with Crippen molar-refractivity contribution in [2.75, 3.05) is 39.4 Å². The van der Waals surface area contributed by atoms with Crippen LogP contribution in [-0.2, 0) is 14.8 Å². The normalized spacial score (nSPS) is 21.5. The number of sulfonamides is 1. The second kappa shape index (κ2) is 7.37. The molecular formula is C17H21N5O4S. The Morgan fingerprint density at radius 1 is 1.04 bits per heavy atom. The number of aromatic nitrogens is 3. The summed E-state index contributed by atoms with van der Waals surface area (Å²) < 4.78 is 31.9. The number of carbonyl (C=O) groups is 1. The first-order valence-electron chi connectivity index (χ1n) is 8.89. The number of benzene rings is 1. The molecule has 2 aromatic rings. The zero-order chi connectivity index (χ0) is 18.9. The highest BCUT2D eigenvalue weighted by Gasteiger charge is 2.30. The van der Waals surface area contributed by atoms with E-state index in [2.05, 4.69) is 10.2 Å². The molecule has 1 amide bonds. The van der Waals surface area contributed by atoms with Gasteiger partial charge in [0.05, 0.1) is 36.5 Å². The lowest BCUT2D eigenvalue weighted by Crippen LogP contribution is -2.40. The molecule has 3 heterocycles. The van der Waals surface area contributed by atoms with E-state index >= 15 is 0 Å². The Bertz CT molecular complexity index is 892.